The van der Waals surface area contributed by atoms with E-state index in [0.29, 0.717) is 6.61 Å². The van der Waals surface area contributed by atoms with Crippen molar-refractivity contribution in [2.75, 3.05) is 53.4 Å². The third kappa shape index (κ3) is 6.81. The fourth-order valence-electron chi connectivity index (χ4n) is 3.89. The molecule has 8 heteroatoms. The van der Waals surface area contributed by atoms with E-state index in [1.165, 1.54) is 11.1 Å². The van der Waals surface area contributed by atoms with Crippen LogP contribution in [0, 0.1) is 0 Å². The van der Waals surface area contributed by atoms with Gasteiger partial charge in [0, 0.05) is 52.9 Å². The second-order valence-corrected chi connectivity index (χ2v) is 7.87. The van der Waals surface area contributed by atoms with Gasteiger partial charge in [0.05, 0.1) is 0 Å². The van der Waals surface area contributed by atoms with Crippen LogP contribution < -0.4 is 5.32 Å². The average Bonchev–Trinajstić information content (AvgIpc) is 3.29. The Kier molecular flexibility index (Phi) is 10.3. The van der Waals surface area contributed by atoms with Crippen LogP contribution in [0.5, 0.6) is 0 Å². The summed E-state index contributed by atoms with van der Waals surface area (Å²) in [4.78, 5) is 23.4. The molecule has 0 aliphatic carbocycles. The van der Waals surface area contributed by atoms with E-state index in [2.05, 4.69) is 58.3 Å². The Hall–Kier alpha value is -1.39. The zero-order valence-corrected chi connectivity index (χ0v) is 20.8. The van der Waals surface area contributed by atoms with Gasteiger partial charge in [-0.1, -0.05) is 31.2 Å². The predicted molar refractivity (Wildman–Crippen MR) is 131 cm³/mol. The van der Waals surface area contributed by atoms with Gasteiger partial charge in [0.2, 0.25) is 0 Å². The van der Waals surface area contributed by atoms with Gasteiger partial charge in [-0.15, -0.1) is 24.0 Å². The van der Waals surface area contributed by atoms with Gasteiger partial charge in [-0.05, 0) is 37.6 Å². The van der Waals surface area contributed by atoms with E-state index in [1.807, 2.05) is 11.9 Å². The molecule has 1 N–H and O–H groups in total. The van der Waals surface area contributed by atoms with E-state index in [1.54, 1.807) is 0 Å². The van der Waals surface area contributed by atoms with Gasteiger partial charge in [-0.25, -0.2) is 0 Å². The SMILES string of the molecule is CCN(C)Cc1cccc(CNC(=NC)N2CCN(C(=O)C3CCCO3)CC2)c1.I. The molecular weight excluding hydrogens is 493 g/mol. The molecule has 0 aromatic heterocycles. The molecule has 1 amide bonds. The number of carbonyl (C=O) groups is 1. The van der Waals surface area contributed by atoms with Crippen LogP contribution in [0.4, 0.5) is 0 Å². The Morgan fingerprint density at radius 1 is 1.23 bits per heavy atom. The molecule has 0 saturated carbocycles. The molecule has 2 saturated heterocycles. The van der Waals surface area contributed by atoms with Crippen molar-refractivity contribution < 1.29 is 9.53 Å². The van der Waals surface area contributed by atoms with Crippen LogP contribution in [0.25, 0.3) is 0 Å². The number of hydrogen-bond donors (Lipinski definition) is 1. The maximum Gasteiger partial charge on any atom is 0.251 e. The average molecular weight is 529 g/mol. The van der Waals surface area contributed by atoms with Crippen molar-refractivity contribution in [2.45, 2.75) is 39.0 Å². The molecule has 1 aromatic rings. The van der Waals surface area contributed by atoms with Crippen molar-refractivity contribution in [3.63, 3.8) is 0 Å². The number of carbonyl (C=O) groups excluding carboxylic acids is 1. The molecule has 2 fully saturated rings. The highest BCUT2D eigenvalue weighted by molar-refractivity contribution is 14.0. The standard InChI is InChI=1S/C22H35N5O2.HI/c1-4-25(3)17-19-8-5-7-18(15-19)16-24-22(23-2)27-12-10-26(11-13-27)21(28)20-9-6-14-29-20;/h5,7-8,15,20H,4,6,9-14,16-17H2,1-3H3,(H,23,24);1H. The quantitative estimate of drug-likeness (QED) is 0.348. The molecule has 30 heavy (non-hydrogen) atoms. The van der Waals surface area contributed by atoms with Crippen LogP contribution in [0.3, 0.4) is 0 Å². The zero-order chi connectivity index (χ0) is 20.6. The van der Waals surface area contributed by atoms with E-state index >= 15 is 0 Å². The monoisotopic (exact) mass is 529 g/mol. The number of piperazine rings is 1. The van der Waals surface area contributed by atoms with E-state index in [9.17, 15) is 4.79 Å². The Bertz CT molecular complexity index is 701. The van der Waals surface area contributed by atoms with E-state index in [4.69, 9.17) is 4.74 Å². The highest BCUT2D eigenvalue weighted by Gasteiger charge is 2.30. The minimum atomic E-state index is -0.224. The van der Waals surface area contributed by atoms with Crippen LogP contribution >= 0.6 is 24.0 Å². The maximum absolute atomic E-state index is 12.5. The number of rotatable bonds is 6. The van der Waals surface area contributed by atoms with Gasteiger partial charge in [-0.2, -0.15) is 0 Å². The molecule has 2 heterocycles. The highest BCUT2D eigenvalue weighted by Crippen LogP contribution is 2.16. The summed E-state index contributed by atoms with van der Waals surface area (Å²) in [7, 11) is 3.95. The van der Waals surface area contributed by atoms with Crippen LogP contribution in [0.15, 0.2) is 29.3 Å². The lowest BCUT2D eigenvalue weighted by Crippen LogP contribution is -2.55. The Balaban J connectivity index is 0.00000320. The lowest BCUT2D eigenvalue weighted by atomic mass is 10.1. The summed E-state index contributed by atoms with van der Waals surface area (Å²) in [6, 6.07) is 8.70. The topological polar surface area (TPSA) is 60.4 Å². The first-order valence-electron chi connectivity index (χ1n) is 10.7. The van der Waals surface area contributed by atoms with Gasteiger partial charge in [0.15, 0.2) is 5.96 Å². The predicted octanol–water partition coefficient (Wildman–Crippen LogP) is 2.15. The van der Waals surface area contributed by atoms with Crippen LogP contribution in [-0.2, 0) is 22.6 Å². The van der Waals surface area contributed by atoms with Crippen molar-refractivity contribution in [1.82, 2.24) is 20.0 Å². The number of amides is 1. The zero-order valence-electron chi connectivity index (χ0n) is 18.5. The van der Waals surface area contributed by atoms with E-state index < -0.39 is 0 Å². The summed E-state index contributed by atoms with van der Waals surface area (Å²) in [5, 5.41) is 3.48. The van der Waals surface area contributed by atoms with Crippen LogP contribution in [0.1, 0.15) is 30.9 Å². The molecule has 2 aliphatic heterocycles. The van der Waals surface area contributed by atoms with Crippen molar-refractivity contribution in [3.8, 4) is 0 Å². The van der Waals surface area contributed by atoms with Gasteiger partial charge >= 0.3 is 0 Å². The largest absolute Gasteiger partial charge is 0.368 e. The highest BCUT2D eigenvalue weighted by atomic mass is 127. The number of guanidine groups is 1. The molecule has 3 rings (SSSR count). The third-order valence-corrected chi connectivity index (χ3v) is 5.74. The number of aliphatic imine (C=N–C) groups is 1. The molecular formula is C22H36IN5O2. The van der Waals surface area contributed by atoms with Crippen molar-refractivity contribution in [2.24, 2.45) is 4.99 Å². The molecule has 0 radical (unpaired) electrons. The Labute approximate surface area is 197 Å². The number of ether oxygens (including phenoxy) is 1. The summed E-state index contributed by atoms with van der Waals surface area (Å²) in [6.45, 7) is 8.64. The first kappa shape index (κ1) is 24.9. The van der Waals surface area contributed by atoms with Gasteiger partial charge in [0.25, 0.3) is 5.91 Å². The lowest BCUT2D eigenvalue weighted by molar-refractivity contribution is -0.142. The second-order valence-electron chi connectivity index (χ2n) is 7.87. The molecule has 1 atom stereocenters. The lowest BCUT2D eigenvalue weighted by Gasteiger charge is -2.37. The fourth-order valence-corrected chi connectivity index (χ4v) is 3.89. The molecule has 1 unspecified atom stereocenters. The molecule has 2 aliphatic rings. The number of hydrogen-bond acceptors (Lipinski definition) is 4. The first-order valence-corrected chi connectivity index (χ1v) is 10.7. The smallest absolute Gasteiger partial charge is 0.251 e. The van der Waals surface area contributed by atoms with E-state index in [-0.39, 0.29) is 36.0 Å². The molecule has 168 valence electrons. The second kappa shape index (κ2) is 12.5. The van der Waals surface area contributed by atoms with Crippen molar-refractivity contribution in [1.29, 1.82) is 0 Å². The number of halogens is 1. The fraction of sp³-hybridized carbons (Fsp3) is 0.636. The van der Waals surface area contributed by atoms with Gasteiger partial charge in [-0.3, -0.25) is 9.79 Å². The number of nitrogens with one attached hydrogen (secondary N) is 1. The summed E-state index contributed by atoms with van der Waals surface area (Å²) in [6.07, 6.45) is 1.62. The van der Waals surface area contributed by atoms with Crippen molar-refractivity contribution in [3.05, 3.63) is 35.4 Å². The summed E-state index contributed by atoms with van der Waals surface area (Å²) in [5.74, 6) is 1.05. The number of benzene rings is 1. The first-order chi connectivity index (χ1) is 14.1. The normalized spacial score (nSPS) is 19.7. The van der Waals surface area contributed by atoms with Crippen molar-refractivity contribution >= 4 is 35.8 Å². The molecule has 1 aromatic carbocycles. The summed E-state index contributed by atoms with van der Waals surface area (Å²) in [5.41, 5.74) is 2.57. The summed E-state index contributed by atoms with van der Waals surface area (Å²) < 4.78 is 5.55. The number of nitrogens with zero attached hydrogens (tertiary/aromatic N) is 4. The van der Waals surface area contributed by atoms with Gasteiger partial charge < -0.3 is 24.8 Å². The van der Waals surface area contributed by atoms with Crippen LogP contribution in [0.2, 0.25) is 0 Å². The maximum atomic E-state index is 12.5. The van der Waals surface area contributed by atoms with E-state index in [0.717, 1.165) is 64.6 Å². The Morgan fingerprint density at radius 3 is 2.57 bits per heavy atom. The molecule has 7 nitrogen and oxygen atoms in total. The van der Waals surface area contributed by atoms with Crippen LogP contribution in [-0.4, -0.2) is 86.1 Å². The third-order valence-electron chi connectivity index (χ3n) is 5.74. The minimum Gasteiger partial charge on any atom is -0.368 e. The molecule has 0 spiro atoms. The summed E-state index contributed by atoms with van der Waals surface area (Å²) >= 11 is 0. The van der Waals surface area contributed by atoms with Gasteiger partial charge in [0.1, 0.15) is 6.10 Å². The minimum absolute atomic E-state index is 0. The molecule has 0 bridgehead atoms. The Morgan fingerprint density at radius 2 is 1.93 bits per heavy atom.